The molecule has 1 heterocycles. The molecule has 0 atom stereocenters. The molecule has 4 aromatic rings. The molecule has 9 nitrogen and oxygen atoms in total. The van der Waals surface area contributed by atoms with E-state index >= 15 is 0 Å². The number of fused-ring (bicyclic) bond motifs is 2. The number of hydrogen-bond acceptors (Lipinski definition) is 9. The maximum Gasteiger partial charge on any atom is 1.00 e. The van der Waals surface area contributed by atoms with E-state index in [1.54, 1.807) is 56.3 Å². The van der Waals surface area contributed by atoms with Crippen LogP contribution in [0.25, 0.3) is 33.4 Å². The van der Waals surface area contributed by atoms with Crippen LogP contribution in [0.2, 0.25) is 0 Å². The molecule has 2 aliphatic rings. The maximum absolute atomic E-state index is 12.5. The molecule has 0 aromatic heterocycles. The molecule has 53 heavy (non-hydrogen) atoms. The predicted octanol–water partition coefficient (Wildman–Crippen LogP) is 5.86. The van der Waals surface area contributed by atoms with Crippen LogP contribution in [0.5, 0.6) is 0 Å². The number of hydrogen-bond donors (Lipinski definition) is 1. The molecule has 0 fully saturated rings. The predicted molar refractivity (Wildman–Crippen MR) is 203 cm³/mol. The summed E-state index contributed by atoms with van der Waals surface area (Å²) in [5.41, 5.74) is 8.75. The van der Waals surface area contributed by atoms with E-state index in [-0.39, 0.29) is 44.9 Å². The first-order chi connectivity index (χ1) is 24.7. The largest absolute Gasteiger partial charge is 1.00 e. The van der Waals surface area contributed by atoms with E-state index in [0.717, 1.165) is 35.2 Å². The van der Waals surface area contributed by atoms with E-state index in [2.05, 4.69) is 38.2 Å². The second-order valence-corrected chi connectivity index (χ2v) is 15.6. The Hall–Kier alpha value is -3.81. The summed E-state index contributed by atoms with van der Waals surface area (Å²) in [7, 11) is -9.61. The summed E-state index contributed by atoms with van der Waals surface area (Å²) in [6.07, 6.45) is 2.49. The van der Waals surface area contributed by atoms with Crippen molar-refractivity contribution in [2.24, 2.45) is 4.99 Å². The van der Waals surface area contributed by atoms with Gasteiger partial charge >= 0.3 is 29.6 Å². The molecule has 1 N–H and O–H groups in total. The van der Waals surface area contributed by atoms with Crippen molar-refractivity contribution in [3.05, 3.63) is 118 Å². The molecule has 1 aliphatic heterocycles. The van der Waals surface area contributed by atoms with Gasteiger partial charge in [0.1, 0.15) is 31.6 Å². The third-order valence-electron chi connectivity index (χ3n) is 9.45. The van der Waals surface area contributed by atoms with E-state index in [1.165, 1.54) is 17.7 Å². The zero-order valence-electron chi connectivity index (χ0n) is 31.0. The maximum atomic E-state index is 12.5. The van der Waals surface area contributed by atoms with Crippen molar-refractivity contribution < 1.29 is 59.9 Å². The van der Waals surface area contributed by atoms with Gasteiger partial charge in [-0.05, 0) is 97.7 Å². The first-order valence-electron chi connectivity index (χ1n) is 17.3. The van der Waals surface area contributed by atoms with Crippen LogP contribution in [0.3, 0.4) is 0 Å². The van der Waals surface area contributed by atoms with E-state index < -0.39 is 20.2 Å². The number of anilines is 2. The van der Waals surface area contributed by atoms with Gasteiger partial charge in [0.2, 0.25) is 0 Å². The molecule has 1 aliphatic carbocycles. The normalized spacial score (nSPS) is 12.3. The van der Waals surface area contributed by atoms with Gasteiger partial charge < -0.3 is 18.8 Å². The summed E-state index contributed by atoms with van der Waals surface area (Å²) in [6.45, 7) is 11.6. The first kappa shape index (κ1) is 40.4. The van der Waals surface area contributed by atoms with Gasteiger partial charge in [-0.2, -0.15) is 0 Å². The number of aryl methyl sites for hydroxylation is 5. The van der Waals surface area contributed by atoms with Gasteiger partial charge in [0.05, 0.1) is 20.8 Å². The monoisotopic (exact) mass is 759 g/mol. The van der Waals surface area contributed by atoms with Crippen molar-refractivity contribution in [1.29, 1.82) is 0 Å². The molecule has 0 unspecified atom stereocenters. The summed E-state index contributed by atoms with van der Waals surface area (Å²) >= 11 is 0. The molecule has 0 radical (unpaired) electrons. The average molecular weight is 760 g/mol. The fourth-order valence-electron chi connectivity index (χ4n) is 7.16. The van der Waals surface area contributed by atoms with Crippen LogP contribution in [-0.4, -0.2) is 25.9 Å². The zero-order chi connectivity index (χ0) is 37.5. The van der Waals surface area contributed by atoms with E-state index in [0.29, 0.717) is 68.6 Å². The minimum absolute atomic E-state index is 0. The summed E-state index contributed by atoms with van der Waals surface area (Å²) < 4.78 is 81.3. The van der Waals surface area contributed by atoms with Crippen LogP contribution in [0.1, 0.15) is 61.1 Å². The molecule has 0 amide bonds. The molecule has 0 saturated carbocycles. The van der Waals surface area contributed by atoms with E-state index in [4.69, 9.17) is 9.41 Å². The number of nitrogens with one attached hydrogen (secondary N) is 1. The zero-order valence-corrected chi connectivity index (χ0v) is 34.6. The average Bonchev–Trinajstić information content (AvgIpc) is 3.10. The van der Waals surface area contributed by atoms with Gasteiger partial charge in [-0.15, -0.1) is 0 Å². The molecular weight excluding hydrogens is 720 g/mol. The van der Waals surface area contributed by atoms with Gasteiger partial charge in [0.15, 0.2) is 0 Å². The minimum atomic E-state index is -4.86. The molecule has 12 heteroatoms. The van der Waals surface area contributed by atoms with Crippen LogP contribution < -0.4 is 40.2 Å². The van der Waals surface area contributed by atoms with Crippen LogP contribution in [-0.2, 0) is 45.9 Å². The van der Waals surface area contributed by atoms with Crippen molar-refractivity contribution in [3.63, 3.8) is 0 Å². The summed E-state index contributed by atoms with van der Waals surface area (Å²) in [6, 6.07) is 22.9. The molecule has 0 bridgehead atoms. The van der Waals surface area contributed by atoms with Crippen LogP contribution >= 0.6 is 0 Å². The first-order valence-corrected chi connectivity index (χ1v) is 20.1. The van der Waals surface area contributed by atoms with Gasteiger partial charge in [0.25, 0.3) is 0 Å². The van der Waals surface area contributed by atoms with Gasteiger partial charge in [0, 0.05) is 45.6 Å². The Morgan fingerprint density at radius 1 is 0.717 bits per heavy atom. The van der Waals surface area contributed by atoms with Crippen molar-refractivity contribution in [3.8, 4) is 22.5 Å². The second kappa shape index (κ2) is 15.9. The van der Waals surface area contributed by atoms with Crippen molar-refractivity contribution in [2.75, 3.05) is 5.32 Å². The van der Waals surface area contributed by atoms with Crippen LogP contribution in [0.4, 0.5) is 17.1 Å². The van der Waals surface area contributed by atoms with Crippen molar-refractivity contribution >= 4 is 48.3 Å². The summed E-state index contributed by atoms with van der Waals surface area (Å²) in [5.74, 6) is 0.417. The van der Waals surface area contributed by atoms with Gasteiger partial charge in [-0.25, -0.2) is 21.8 Å². The Morgan fingerprint density at radius 2 is 1.38 bits per heavy atom. The SMILES string of the molecule is CCc1cc(C)cc(CC)c1N=c1ccc2c(-c3ccccc3S(=O)(=O)[O-])c3ccc(Nc4c(CC)cc(C)c(S(=O)(=O)[O-])c4CC)cc3oc-2c1.[Na+]. The standard InChI is InChI=1S/C41H42N2O7S2.Na/c1-7-26-19-24(5)20-27(8-2)39(26)42-29-15-17-32-35(22-29)50-36-23-30(16-18-33(36)38(32)34-13-11-12-14-37(34)51(44,45)46)43-40-28(9-3)21-25(6)41(31(40)10-4)52(47,48)49;/h11-23,43H,7-10H2,1-6H3,(H,44,45,46)(H,47,48,49);/q;+1/p-2. The van der Waals surface area contributed by atoms with Crippen LogP contribution in [0.15, 0.2) is 98.1 Å². The molecule has 0 spiro atoms. The molecule has 6 rings (SSSR count). The quantitative estimate of drug-likeness (QED) is 0.104. The molecule has 0 saturated heterocycles. The third kappa shape index (κ3) is 8.02. The fourth-order valence-corrected chi connectivity index (χ4v) is 8.85. The van der Waals surface area contributed by atoms with Crippen LogP contribution in [0, 0.1) is 13.8 Å². The van der Waals surface area contributed by atoms with E-state index in [9.17, 15) is 25.9 Å². The Kier molecular flexibility index (Phi) is 12.1. The third-order valence-corrected chi connectivity index (χ3v) is 11.4. The van der Waals surface area contributed by atoms with E-state index in [1.807, 2.05) is 19.1 Å². The number of nitrogens with zero attached hydrogens (tertiary/aromatic N) is 1. The number of benzene rings is 5. The fraction of sp³-hybridized carbons (Fsp3) is 0.244. The summed E-state index contributed by atoms with van der Waals surface area (Å²) in [4.78, 5) is 4.48. The molecular formula is C41H40N2NaO7S2-. The topological polar surface area (TPSA) is 152 Å². The Labute approximate surface area is 333 Å². The summed E-state index contributed by atoms with van der Waals surface area (Å²) in [5, 5.41) is 4.56. The molecule has 4 aromatic carbocycles. The van der Waals surface area contributed by atoms with Crippen molar-refractivity contribution in [2.45, 2.75) is 77.0 Å². The minimum Gasteiger partial charge on any atom is -0.744 e. The van der Waals surface area contributed by atoms with Gasteiger partial charge in [-0.1, -0.05) is 69.7 Å². The molecule has 270 valence electrons. The Balaban J connectivity index is 0.00000541. The smallest absolute Gasteiger partial charge is 0.744 e. The second-order valence-electron chi connectivity index (χ2n) is 12.9. The number of rotatable bonds is 10. The van der Waals surface area contributed by atoms with Gasteiger partial charge in [-0.3, -0.25) is 0 Å². The van der Waals surface area contributed by atoms with Crippen molar-refractivity contribution in [1.82, 2.24) is 0 Å². The Morgan fingerprint density at radius 3 is 1.98 bits per heavy atom. The Bertz CT molecular complexity index is 2610.